The van der Waals surface area contributed by atoms with Crippen LogP contribution in [0.3, 0.4) is 0 Å². The Morgan fingerprint density at radius 1 is 1.05 bits per heavy atom. The van der Waals surface area contributed by atoms with Crippen LogP contribution in [0.4, 0.5) is 0 Å². The molecule has 2 heteroatoms. The van der Waals surface area contributed by atoms with Gasteiger partial charge in [0.05, 0.1) is 0 Å². The predicted octanol–water partition coefficient (Wildman–Crippen LogP) is 3.06. The summed E-state index contributed by atoms with van der Waals surface area (Å²) in [6.45, 7) is 0. The van der Waals surface area contributed by atoms with E-state index in [1.54, 1.807) is 12.1 Å². The third-order valence-electron chi connectivity index (χ3n) is 3.52. The first-order valence-electron chi connectivity index (χ1n) is 6.65. The maximum atomic E-state index is 11.9. The molecule has 1 heterocycles. The minimum absolute atomic E-state index is 0.126. The van der Waals surface area contributed by atoms with E-state index in [0.717, 1.165) is 12.8 Å². The van der Waals surface area contributed by atoms with E-state index in [9.17, 15) is 4.79 Å². The second-order valence-corrected chi connectivity index (χ2v) is 4.80. The fourth-order valence-corrected chi connectivity index (χ4v) is 2.50. The highest BCUT2D eigenvalue weighted by Crippen LogP contribution is 2.21. The first kappa shape index (κ1) is 11.8. The summed E-state index contributed by atoms with van der Waals surface area (Å²) in [4.78, 5) is 11.9. The summed E-state index contributed by atoms with van der Waals surface area (Å²) >= 11 is 0. The molecule has 0 saturated carbocycles. The average Bonchev–Trinajstić information content (AvgIpc) is 2.89. The number of rotatable bonds is 1. The second-order valence-electron chi connectivity index (χ2n) is 4.80. The molecule has 0 aliphatic heterocycles. The number of aryl methyl sites for hydroxylation is 1. The van der Waals surface area contributed by atoms with Crippen LogP contribution in [0.5, 0.6) is 0 Å². The van der Waals surface area contributed by atoms with Crippen LogP contribution >= 0.6 is 0 Å². The van der Waals surface area contributed by atoms with Gasteiger partial charge in [-0.15, -0.1) is 0 Å². The lowest BCUT2D eigenvalue weighted by molar-refractivity contribution is 0.105. The number of carbonyl (C=O) groups is 1. The summed E-state index contributed by atoms with van der Waals surface area (Å²) in [7, 11) is 0. The molecule has 2 nitrogen and oxygen atoms in total. The maximum Gasteiger partial charge on any atom is 0.237 e. The summed E-state index contributed by atoms with van der Waals surface area (Å²) < 4.78 is 1.91. The first-order chi connectivity index (χ1) is 9.34. The van der Waals surface area contributed by atoms with Crippen molar-refractivity contribution in [1.29, 1.82) is 0 Å². The van der Waals surface area contributed by atoms with Crippen molar-refractivity contribution in [2.75, 3.05) is 0 Å². The maximum absolute atomic E-state index is 11.9. The van der Waals surface area contributed by atoms with Crippen LogP contribution in [0.2, 0.25) is 0 Å². The number of hydrogen-bond donors (Lipinski definition) is 0. The molecular formula is C17H15NO. The standard InChI is InChI=1S/C17H15NO/c19-17(15-7-2-1-3-8-15)11-13-18-12-10-14-6-4-5-9-16(14)18/h1-3,7-8,10,12H,4-6,9H2. The van der Waals surface area contributed by atoms with Gasteiger partial charge in [-0.1, -0.05) is 30.3 Å². The quantitative estimate of drug-likeness (QED) is 0.562. The molecule has 0 atom stereocenters. The molecule has 2 aromatic rings. The number of Topliss-reactive ketones (excluding diaryl/α,β-unsaturated/α-hetero) is 1. The molecule has 0 saturated heterocycles. The first-order valence-corrected chi connectivity index (χ1v) is 6.65. The molecule has 0 bridgehead atoms. The normalized spacial score (nSPS) is 13.3. The molecule has 19 heavy (non-hydrogen) atoms. The summed E-state index contributed by atoms with van der Waals surface area (Å²) in [6.07, 6.45) is 6.65. The zero-order valence-electron chi connectivity index (χ0n) is 10.7. The minimum Gasteiger partial charge on any atom is -0.281 e. The lowest BCUT2D eigenvalue weighted by Gasteiger charge is -2.11. The molecule has 3 rings (SSSR count). The monoisotopic (exact) mass is 249 g/mol. The molecule has 0 unspecified atom stereocenters. The topological polar surface area (TPSA) is 22.0 Å². The number of aromatic nitrogens is 1. The molecule has 0 radical (unpaired) electrons. The van der Waals surface area contributed by atoms with Gasteiger partial charge in [-0.3, -0.25) is 9.36 Å². The lowest BCUT2D eigenvalue weighted by atomic mass is 9.98. The van der Waals surface area contributed by atoms with Crippen LogP contribution in [0.25, 0.3) is 0 Å². The number of nitrogens with zero attached hydrogens (tertiary/aromatic N) is 1. The Balaban J connectivity index is 1.85. The van der Waals surface area contributed by atoms with Gasteiger partial charge in [-0.25, -0.2) is 0 Å². The van der Waals surface area contributed by atoms with E-state index < -0.39 is 0 Å². The number of fused-ring (bicyclic) bond motifs is 1. The number of carbonyl (C=O) groups excluding carboxylic acids is 1. The van der Waals surface area contributed by atoms with Crippen molar-refractivity contribution >= 4 is 5.78 Å². The molecule has 1 aromatic carbocycles. The van der Waals surface area contributed by atoms with Crippen LogP contribution in [0, 0.1) is 12.0 Å². The number of ketones is 1. The number of hydrogen-bond acceptors (Lipinski definition) is 1. The van der Waals surface area contributed by atoms with Gasteiger partial charge in [0.15, 0.2) is 0 Å². The van der Waals surface area contributed by atoms with Crippen LogP contribution in [0.15, 0.2) is 42.6 Å². The third-order valence-corrected chi connectivity index (χ3v) is 3.52. The Morgan fingerprint density at radius 3 is 2.68 bits per heavy atom. The Kier molecular flexibility index (Phi) is 3.20. The SMILES string of the molecule is O=C(C#Cn1ccc2c1CCCC2)c1ccccc1. The fraction of sp³-hybridized carbons (Fsp3) is 0.235. The van der Waals surface area contributed by atoms with Crippen LogP contribution in [0.1, 0.15) is 34.5 Å². The summed E-state index contributed by atoms with van der Waals surface area (Å²) in [5, 5.41) is 0. The Morgan fingerprint density at radius 2 is 1.84 bits per heavy atom. The van der Waals surface area contributed by atoms with Crippen molar-refractivity contribution in [2.45, 2.75) is 25.7 Å². The van der Waals surface area contributed by atoms with E-state index in [1.807, 2.05) is 29.0 Å². The van der Waals surface area contributed by atoms with Crippen molar-refractivity contribution < 1.29 is 4.79 Å². The lowest BCUT2D eigenvalue weighted by Crippen LogP contribution is -2.05. The van der Waals surface area contributed by atoms with E-state index in [2.05, 4.69) is 18.0 Å². The highest BCUT2D eigenvalue weighted by molar-refractivity contribution is 6.08. The van der Waals surface area contributed by atoms with E-state index in [1.165, 1.54) is 24.1 Å². The molecule has 0 N–H and O–H groups in total. The van der Waals surface area contributed by atoms with Gasteiger partial charge in [-0.05, 0) is 37.3 Å². The molecule has 1 aliphatic carbocycles. The summed E-state index contributed by atoms with van der Waals surface area (Å²) in [5.74, 6) is 2.60. The zero-order valence-corrected chi connectivity index (χ0v) is 10.7. The fourth-order valence-electron chi connectivity index (χ4n) is 2.50. The molecule has 1 aliphatic rings. The average molecular weight is 249 g/mol. The molecular weight excluding hydrogens is 234 g/mol. The van der Waals surface area contributed by atoms with E-state index in [-0.39, 0.29) is 5.78 Å². The summed E-state index contributed by atoms with van der Waals surface area (Å²) in [6, 6.07) is 14.3. The van der Waals surface area contributed by atoms with Crippen molar-refractivity contribution in [3.05, 3.63) is 59.4 Å². The third kappa shape index (κ3) is 2.46. The van der Waals surface area contributed by atoms with Gasteiger partial charge in [-0.2, -0.15) is 0 Å². The molecule has 0 fully saturated rings. The van der Waals surface area contributed by atoms with Crippen LogP contribution in [-0.4, -0.2) is 10.4 Å². The zero-order chi connectivity index (χ0) is 13.1. The largest absolute Gasteiger partial charge is 0.281 e. The van der Waals surface area contributed by atoms with E-state index >= 15 is 0 Å². The Labute approximate surface area is 113 Å². The van der Waals surface area contributed by atoms with Crippen molar-refractivity contribution in [3.63, 3.8) is 0 Å². The molecule has 94 valence electrons. The molecule has 0 amide bonds. The van der Waals surface area contributed by atoms with Crippen molar-refractivity contribution in [1.82, 2.24) is 4.57 Å². The molecule has 0 spiro atoms. The number of benzene rings is 1. The second kappa shape index (κ2) is 5.16. The summed E-state index contributed by atoms with van der Waals surface area (Å²) in [5.41, 5.74) is 3.31. The van der Waals surface area contributed by atoms with Gasteiger partial charge >= 0.3 is 0 Å². The van der Waals surface area contributed by atoms with Gasteiger partial charge in [0.1, 0.15) is 0 Å². The van der Waals surface area contributed by atoms with Gasteiger partial charge < -0.3 is 0 Å². The van der Waals surface area contributed by atoms with Crippen LogP contribution in [-0.2, 0) is 12.8 Å². The van der Waals surface area contributed by atoms with Gasteiger partial charge in [0, 0.05) is 29.4 Å². The highest BCUT2D eigenvalue weighted by Gasteiger charge is 2.12. The van der Waals surface area contributed by atoms with Crippen molar-refractivity contribution in [2.24, 2.45) is 0 Å². The van der Waals surface area contributed by atoms with Crippen molar-refractivity contribution in [3.8, 4) is 12.0 Å². The van der Waals surface area contributed by atoms with E-state index in [0.29, 0.717) is 5.56 Å². The van der Waals surface area contributed by atoms with Gasteiger partial charge in [0.2, 0.25) is 5.78 Å². The smallest absolute Gasteiger partial charge is 0.237 e. The Hall–Kier alpha value is -2.27. The highest BCUT2D eigenvalue weighted by atomic mass is 16.1. The van der Waals surface area contributed by atoms with Crippen LogP contribution < -0.4 is 0 Å². The predicted molar refractivity (Wildman–Crippen MR) is 75.0 cm³/mol. The van der Waals surface area contributed by atoms with E-state index in [4.69, 9.17) is 0 Å². The minimum atomic E-state index is -0.126. The Bertz CT molecular complexity index is 656. The van der Waals surface area contributed by atoms with Gasteiger partial charge in [0.25, 0.3) is 0 Å². The molecule has 1 aromatic heterocycles.